The van der Waals surface area contributed by atoms with Crippen LogP contribution >= 0.6 is 0 Å². The van der Waals surface area contributed by atoms with Gasteiger partial charge in [-0.1, -0.05) is 31.9 Å². The molecule has 1 aliphatic carbocycles. The summed E-state index contributed by atoms with van der Waals surface area (Å²) in [5.74, 6) is 1.51. The number of halogens is 1. The summed E-state index contributed by atoms with van der Waals surface area (Å²) in [6.07, 6.45) is 7.91. The zero-order valence-electron chi connectivity index (χ0n) is 17.3. The molecule has 5 heteroatoms. The van der Waals surface area contributed by atoms with Crippen LogP contribution in [0.5, 0.6) is 0 Å². The van der Waals surface area contributed by atoms with Gasteiger partial charge in [-0.2, -0.15) is 0 Å². The Balaban J connectivity index is 1.31. The Labute approximate surface area is 169 Å². The molecule has 1 aromatic carbocycles. The van der Waals surface area contributed by atoms with Crippen molar-refractivity contribution in [3.8, 4) is 0 Å². The van der Waals surface area contributed by atoms with Crippen molar-refractivity contribution < 1.29 is 9.18 Å². The molecule has 2 aliphatic rings. The number of amides is 1. The minimum Gasteiger partial charge on any atom is -0.367 e. The first kappa shape index (κ1) is 21.1. The van der Waals surface area contributed by atoms with Crippen molar-refractivity contribution in [3.63, 3.8) is 0 Å². The van der Waals surface area contributed by atoms with Gasteiger partial charge in [-0.05, 0) is 56.2 Å². The van der Waals surface area contributed by atoms with Crippen LogP contribution in [0.2, 0.25) is 0 Å². The molecule has 1 N–H and O–H groups in total. The summed E-state index contributed by atoms with van der Waals surface area (Å²) in [6.45, 7) is 7.88. The van der Waals surface area contributed by atoms with Crippen molar-refractivity contribution in [2.24, 2.45) is 11.8 Å². The number of piperazine rings is 1. The highest BCUT2D eigenvalue weighted by atomic mass is 19.1. The first-order chi connectivity index (χ1) is 13.7. The van der Waals surface area contributed by atoms with Gasteiger partial charge in [-0.15, -0.1) is 0 Å². The average Bonchev–Trinajstić information content (AvgIpc) is 2.72. The van der Waals surface area contributed by atoms with Crippen molar-refractivity contribution in [3.05, 3.63) is 30.1 Å². The van der Waals surface area contributed by atoms with E-state index in [0.29, 0.717) is 12.3 Å². The van der Waals surface area contributed by atoms with E-state index in [-0.39, 0.29) is 11.7 Å². The van der Waals surface area contributed by atoms with Crippen LogP contribution in [0.4, 0.5) is 10.1 Å². The highest BCUT2D eigenvalue weighted by Gasteiger charge is 2.24. The van der Waals surface area contributed by atoms with E-state index in [1.165, 1.54) is 32.1 Å². The molecule has 1 aromatic rings. The normalized spacial score (nSPS) is 23.6. The lowest BCUT2D eigenvalue weighted by atomic mass is 9.79. The molecular weight excluding hydrogens is 353 g/mol. The second-order valence-corrected chi connectivity index (χ2v) is 8.51. The van der Waals surface area contributed by atoms with Crippen molar-refractivity contribution >= 4 is 11.6 Å². The first-order valence-electron chi connectivity index (χ1n) is 11.1. The monoisotopic (exact) mass is 389 g/mol. The number of anilines is 1. The van der Waals surface area contributed by atoms with Gasteiger partial charge in [0.15, 0.2) is 0 Å². The van der Waals surface area contributed by atoms with E-state index >= 15 is 0 Å². The molecule has 3 rings (SSSR count). The van der Waals surface area contributed by atoms with E-state index in [4.69, 9.17) is 0 Å². The lowest BCUT2D eigenvalue weighted by molar-refractivity contribution is -0.122. The Morgan fingerprint density at radius 1 is 1.07 bits per heavy atom. The maximum absolute atomic E-state index is 14.0. The van der Waals surface area contributed by atoms with Crippen LogP contribution in [0.25, 0.3) is 0 Å². The van der Waals surface area contributed by atoms with E-state index in [9.17, 15) is 9.18 Å². The van der Waals surface area contributed by atoms with Crippen LogP contribution in [0, 0.1) is 17.7 Å². The molecule has 0 unspecified atom stereocenters. The second kappa shape index (κ2) is 10.8. The van der Waals surface area contributed by atoms with Crippen LogP contribution in [-0.4, -0.2) is 50.1 Å². The molecule has 1 aliphatic heterocycles. The van der Waals surface area contributed by atoms with E-state index in [1.54, 1.807) is 12.1 Å². The summed E-state index contributed by atoms with van der Waals surface area (Å²) < 4.78 is 14.0. The summed E-state index contributed by atoms with van der Waals surface area (Å²) in [5, 5.41) is 3.00. The maximum Gasteiger partial charge on any atom is 0.220 e. The van der Waals surface area contributed by atoms with E-state index in [1.807, 2.05) is 12.1 Å². The van der Waals surface area contributed by atoms with Gasteiger partial charge >= 0.3 is 0 Å². The second-order valence-electron chi connectivity index (χ2n) is 8.51. The lowest BCUT2D eigenvalue weighted by Gasteiger charge is -2.37. The van der Waals surface area contributed by atoms with Gasteiger partial charge in [-0.25, -0.2) is 4.39 Å². The van der Waals surface area contributed by atoms with E-state index in [2.05, 4.69) is 22.0 Å². The highest BCUT2D eigenvalue weighted by Crippen LogP contribution is 2.32. The molecule has 1 heterocycles. The van der Waals surface area contributed by atoms with Gasteiger partial charge in [0.1, 0.15) is 5.82 Å². The van der Waals surface area contributed by atoms with Gasteiger partial charge in [-0.3, -0.25) is 9.69 Å². The molecule has 1 amide bonds. The molecule has 2 fully saturated rings. The first-order valence-corrected chi connectivity index (χ1v) is 11.1. The van der Waals surface area contributed by atoms with Crippen LogP contribution < -0.4 is 10.2 Å². The van der Waals surface area contributed by atoms with Crippen molar-refractivity contribution in [1.82, 2.24) is 10.2 Å². The zero-order chi connectivity index (χ0) is 19.8. The minimum absolute atomic E-state index is 0.115. The Morgan fingerprint density at radius 2 is 1.75 bits per heavy atom. The summed E-state index contributed by atoms with van der Waals surface area (Å²) in [5.41, 5.74) is 0.739. The maximum atomic E-state index is 14.0. The molecule has 0 atom stereocenters. The Kier molecular flexibility index (Phi) is 8.13. The standard InChI is InChI=1S/C23H36FN3O/c1-2-12-25-23(28)18-20-9-7-19(8-10-20)11-13-26-14-16-27(17-15-26)22-6-4-3-5-21(22)24/h3-6,19-20H,2,7-18H2,1H3,(H,25,28). The molecule has 1 saturated heterocycles. The number of hydrogen-bond acceptors (Lipinski definition) is 3. The highest BCUT2D eigenvalue weighted by molar-refractivity contribution is 5.76. The third-order valence-corrected chi connectivity index (χ3v) is 6.43. The molecule has 28 heavy (non-hydrogen) atoms. The van der Waals surface area contributed by atoms with Crippen molar-refractivity contribution in [2.45, 2.75) is 51.9 Å². The lowest BCUT2D eigenvalue weighted by Crippen LogP contribution is -2.47. The summed E-state index contributed by atoms with van der Waals surface area (Å²) in [7, 11) is 0. The van der Waals surface area contributed by atoms with Gasteiger partial charge in [0.2, 0.25) is 5.91 Å². The Morgan fingerprint density at radius 3 is 2.43 bits per heavy atom. The largest absolute Gasteiger partial charge is 0.367 e. The molecule has 0 spiro atoms. The average molecular weight is 390 g/mol. The number of nitrogens with zero attached hydrogens (tertiary/aromatic N) is 2. The smallest absolute Gasteiger partial charge is 0.220 e. The van der Waals surface area contributed by atoms with E-state index < -0.39 is 0 Å². The van der Waals surface area contributed by atoms with Crippen molar-refractivity contribution in [2.75, 3.05) is 44.2 Å². The van der Waals surface area contributed by atoms with Gasteiger partial charge in [0.05, 0.1) is 5.69 Å². The van der Waals surface area contributed by atoms with Crippen molar-refractivity contribution in [1.29, 1.82) is 0 Å². The minimum atomic E-state index is -0.115. The number of hydrogen-bond donors (Lipinski definition) is 1. The SMILES string of the molecule is CCCNC(=O)CC1CCC(CCN2CCN(c3ccccc3F)CC2)CC1. The summed E-state index contributed by atoms with van der Waals surface area (Å²) in [4.78, 5) is 16.6. The Bertz CT molecular complexity index is 608. The molecule has 0 radical (unpaired) electrons. The summed E-state index contributed by atoms with van der Waals surface area (Å²) in [6, 6.07) is 7.09. The van der Waals surface area contributed by atoms with Crippen LogP contribution in [0.15, 0.2) is 24.3 Å². The van der Waals surface area contributed by atoms with Gasteiger partial charge in [0, 0.05) is 39.1 Å². The fourth-order valence-electron chi connectivity index (χ4n) is 4.61. The predicted molar refractivity (Wildman–Crippen MR) is 113 cm³/mol. The summed E-state index contributed by atoms with van der Waals surface area (Å²) >= 11 is 0. The van der Waals surface area contributed by atoms with Gasteiger partial charge < -0.3 is 10.2 Å². The zero-order valence-corrected chi connectivity index (χ0v) is 17.3. The molecular formula is C23H36FN3O. The van der Waals surface area contributed by atoms with E-state index in [0.717, 1.165) is 57.3 Å². The number of nitrogens with one attached hydrogen (secondary N) is 1. The molecule has 156 valence electrons. The third kappa shape index (κ3) is 6.20. The van der Waals surface area contributed by atoms with Crippen LogP contribution in [-0.2, 0) is 4.79 Å². The fraction of sp³-hybridized carbons (Fsp3) is 0.696. The molecule has 0 bridgehead atoms. The fourth-order valence-corrected chi connectivity index (χ4v) is 4.61. The molecule has 1 saturated carbocycles. The number of carbonyl (C=O) groups excluding carboxylic acids is 1. The molecule has 4 nitrogen and oxygen atoms in total. The number of benzene rings is 1. The number of carbonyl (C=O) groups is 1. The van der Waals surface area contributed by atoms with Crippen LogP contribution in [0.1, 0.15) is 51.9 Å². The third-order valence-electron chi connectivity index (χ3n) is 6.43. The topological polar surface area (TPSA) is 35.6 Å². The van der Waals surface area contributed by atoms with Gasteiger partial charge in [0.25, 0.3) is 0 Å². The molecule has 0 aromatic heterocycles. The number of rotatable bonds is 8. The quantitative estimate of drug-likeness (QED) is 0.728. The Hall–Kier alpha value is -1.62. The number of para-hydroxylation sites is 1. The predicted octanol–water partition coefficient (Wildman–Crippen LogP) is 4.06. The van der Waals surface area contributed by atoms with Crippen LogP contribution in [0.3, 0.4) is 0 Å².